The molecule has 1 unspecified atom stereocenters. The molecule has 0 spiro atoms. The van der Waals surface area contributed by atoms with Crippen molar-refractivity contribution < 1.29 is 14.6 Å². The van der Waals surface area contributed by atoms with Gasteiger partial charge in [-0.1, -0.05) is 0 Å². The van der Waals surface area contributed by atoms with Crippen molar-refractivity contribution in [2.75, 3.05) is 39.3 Å². The molecule has 0 saturated carbocycles. The van der Waals surface area contributed by atoms with Crippen LogP contribution in [0.25, 0.3) is 0 Å². The first-order valence-corrected chi connectivity index (χ1v) is 6.55. The number of methoxy groups -OCH3 is 2. The van der Waals surface area contributed by atoms with Crippen LogP contribution >= 0.6 is 15.9 Å². The van der Waals surface area contributed by atoms with Gasteiger partial charge >= 0.3 is 0 Å². The highest BCUT2D eigenvalue weighted by molar-refractivity contribution is 9.10. The number of aliphatic hydroxyl groups is 1. The summed E-state index contributed by atoms with van der Waals surface area (Å²) in [7, 11) is 3.19. The molecule has 1 aromatic heterocycles. The van der Waals surface area contributed by atoms with E-state index in [9.17, 15) is 4.79 Å². The second-order valence-corrected chi connectivity index (χ2v) is 4.61. The summed E-state index contributed by atoms with van der Waals surface area (Å²) in [6.45, 7) is 0.984. The number of rotatable bonds is 8. The van der Waals surface area contributed by atoms with Crippen LogP contribution in [-0.4, -0.2) is 55.0 Å². The lowest BCUT2D eigenvalue weighted by Crippen LogP contribution is -2.29. The van der Waals surface area contributed by atoms with Gasteiger partial charge in [0.1, 0.15) is 4.47 Å². The van der Waals surface area contributed by atoms with Crippen molar-refractivity contribution in [1.29, 1.82) is 0 Å². The van der Waals surface area contributed by atoms with E-state index in [4.69, 9.17) is 14.6 Å². The first-order chi connectivity index (χ1) is 9.13. The molecule has 0 bridgehead atoms. The van der Waals surface area contributed by atoms with Crippen molar-refractivity contribution in [3.8, 4) is 0 Å². The third-order valence-corrected chi connectivity index (χ3v) is 3.27. The van der Waals surface area contributed by atoms with Gasteiger partial charge in [0.25, 0.3) is 5.56 Å². The smallest absolute Gasteiger partial charge is 0.283 e. The Morgan fingerprint density at radius 1 is 1.58 bits per heavy atom. The molecule has 108 valence electrons. The number of nitrogens with zero attached hydrogens (tertiary/aromatic N) is 2. The fraction of sp³-hybridized carbons (Fsp3) is 0.636. The van der Waals surface area contributed by atoms with Crippen LogP contribution in [0.2, 0.25) is 0 Å². The Morgan fingerprint density at radius 2 is 2.32 bits per heavy atom. The monoisotopic (exact) mass is 335 g/mol. The van der Waals surface area contributed by atoms with E-state index in [-0.39, 0.29) is 24.8 Å². The zero-order valence-corrected chi connectivity index (χ0v) is 12.5. The van der Waals surface area contributed by atoms with Crippen molar-refractivity contribution in [2.24, 2.45) is 0 Å². The Morgan fingerprint density at radius 3 is 2.89 bits per heavy atom. The number of hydrogen-bond donors (Lipinski definition) is 2. The summed E-state index contributed by atoms with van der Waals surface area (Å²) in [4.78, 5) is 11.9. The topological polar surface area (TPSA) is 85.6 Å². The van der Waals surface area contributed by atoms with Gasteiger partial charge < -0.3 is 19.9 Å². The fourth-order valence-corrected chi connectivity index (χ4v) is 1.91. The molecular weight excluding hydrogens is 318 g/mol. The summed E-state index contributed by atoms with van der Waals surface area (Å²) in [5, 5.41) is 15.8. The van der Waals surface area contributed by atoms with Crippen LogP contribution in [0, 0.1) is 0 Å². The largest absolute Gasteiger partial charge is 0.394 e. The van der Waals surface area contributed by atoms with Gasteiger partial charge in [-0.2, -0.15) is 5.10 Å². The number of aromatic nitrogens is 2. The lowest BCUT2D eigenvalue weighted by molar-refractivity contribution is 0.0365. The molecular formula is C11H18BrN3O4. The summed E-state index contributed by atoms with van der Waals surface area (Å²) < 4.78 is 11.8. The SMILES string of the molecule is COCC(CNc1cnn(CCO)c(=O)c1Br)OC. The Bertz CT molecular complexity index is 452. The molecule has 0 aliphatic rings. The molecule has 0 aliphatic heterocycles. The lowest BCUT2D eigenvalue weighted by Gasteiger charge is -2.16. The third-order valence-electron chi connectivity index (χ3n) is 2.50. The first kappa shape index (κ1) is 16.1. The Labute approximate surface area is 119 Å². The molecule has 7 nitrogen and oxygen atoms in total. The number of aliphatic hydroxyl groups excluding tert-OH is 1. The van der Waals surface area contributed by atoms with Crippen LogP contribution in [-0.2, 0) is 16.0 Å². The number of hydrogen-bond acceptors (Lipinski definition) is 6. The average molecular weight is 336 g/mol. The summed E-state index contributed by atoms with van der Waals surface area (Å²) in [6.07, 6.45) is 1.41. The molecule has 0 saturated heterocycles. The van der Waals surface area contributed by atoms with Gasteiger partial charge in [-0.25, -0.2) is 4.68 Å². The van der Waals surface area contributed by atoms with Crippen LogP contribution < -0.4 is 10.9 Å². The first-order valence-electron chi connectivity index (χ1n) is 5.76. The van der Waals surface area contributed by atoms with Crippen LogP contribution in [0.4, 0.5) is 5.69 Å². The van der Waals surface area contributed by atoms with Gasteiger partial charge in [0.15, 0.2) is 0 Å². The second-order valence-electron chi connectivity index (χ2n) is 3.82. The summed E-state index contributed by atoms with van der Waals surface area (Å²) >= 11 is 3.22. The van der Waals surface area contributed by atoms with E-state index < -0.39 is 0 Å². The molecule has 0 aliphatic carbocycles. The van der Waals surface area contributed by atoms with E-state index in [1.54, 1.807) is 14.2 Å². The van der Waals surface area contributed by atoms with E-state index >= 15 is 0 Å². The van der Waals surface area contributed by atoms with Gasteiger partial charge in [0, 0.05) is 20.8 Å². The minimum atomic E-state index is -0.292. The molecule has 0 radical (unpaired) electrons. The molecule has 1 atom stereocenters. The maximum atomic E-state index is 11.9. The molecule has 0 aromatic carbocycles. The lowest BCUT2D eigenvalue weighted by atomic mass is 10.3. The molecule has 19 heavy (non-hydrogen) atoms. The number of ether oxygens (including phenoxy) is 2. The highest BCUT2D eigenvalue weighted by atomic mass is 79.9. The van der Waals surface area contributed by atoms with Gasteiger partial charge in [0.2, 0.25) is 0 Å². The minimum absolute atomic E-state index is 0.114. The predicted molar refractivity (Wildman–Crippen MR) is 74.4 cm³/mol. The van der Waals surface area contributed by atoms with Crippen LogP contribution in [0.3, 0.4) is 0 Å². The summed E-state index contributed by atoms with van der Waals surface area (Å²) in [6, 6.07) is 0. The maximum Gasteiger partial charge on any atom is 0.283 e. The number of anilines is 1. The molecule has 0 amide bonds. The number of nitrogens with one attached hydrogen (secondary N) is 1. The van der Waals surface area contributed by atoms with Gasteiger partial charge in [-0.15, -0.1) is 0 Å². The van der Waals surface area contributed by atoms with Crippen molar-refractivity contribution >= 4 is 21.6 Å². The van der Waals surface area contributed by atoms with Crippen molar-refractivity contribution in [1.82, 2.24) is 9.78 Å². The molecule has 1 rings (SSSR count). The van der Waals surface area contributed by atoms with E-state index in [0.717, 1.165) is 0 Å². The Balaban J connectivity index is 2.74. The van der Waals surface area contributed by atoms with Crippen LogP contribution in [0.15, 0.2) is 15.5 Å². The molecule has 1 heterocycles. The molecule has 0 fully saturated rings. The zero-order valence-electron chi connectivity index (χ0n) is 10.9. The highest BCUT2D eigenvalue weighted by Gasteiger charge is 2.11. The normalized spacial score (nSPS) is 12.4. The third kappa shape index (κ3) is 4.57. The van der Waals surface area contributed by atoms with Crippen molar-refractivity contribution in [2.45, 2.75) is 12.6 Å². The zero-order chi connectivity index (χ0) is 14.3. The highest BCUT2D eigenvalue weighted by Crippen LogP contribution is 2.16. The second kappa shape index (κ2) is 8.26. The van der Waals surface area contributed by atoms with E-state index in [0.29, 0.717) is 23.3 Å². The minimum Gasteiger partial charge on any atom is -0.394 e. The number of halogens is 1. The maximum absolute atomic E-state index is 11.9. The standard InChI is InChI=1S/C11H18BrN3O4/c1-18-7-8(19-2)5-13-9-6-14-15(3-4-16)11(17)10(9)12/h6,8,13,16H,3-5,7H2,1-2H3. The molecule has 8 heteroatoms. The van der Waals surface area contributed by atoms with Crippen molar-refractivity contribution in [3.05, 3.63) is 21.0 Å². The summed E-state index contributed by atoms with van der Waals surface area (Å²) in [5.41, 5.74) is 0.289. The molecule has 2 N–H and O–H groups in total. The summed E-state index contributed by atoms with van der Waals surface area (Å²) in [5.74, 6) is 0. The van der Waals surface area contributed by atoms with E-state index in [1.807, 2.05) is 0 Å². The van der Waals surface area contributed by atoms with Crippen LogP contribution in [0.1, 0.15) is 0 Å². The fourth-order valence-electron chi connectivity index (χ4n) is 1.46. The predicted octanol–water partition coefficient (Wildman–Crippen LogP) is 0.0714. The Kier molecular flexibility index (Phi) is 7.00. The van der Waals surface area contributed by atoms with Gasteiger partial charge in [-0.05, 0) is 15.9 Å². The Hall–Kier alpha value is -0.960. The average Bonchev–Trinajstić information content (AvgIpc) is 2.42. The van der Waals surface area contributed by atoms with E-state index in [1.165, 1.54) is 10.9 Å². The van der Waals surface area contributed by atoms with Crippen molar-refractivity contribution in [3.63, 3.8) is 0 Å². The van der Waals surface area contributed by atoms with Gasteiger partial charge in [0.05, 0.1) is 37.7 Å². The van der Waals surface area contributed by atoms with E-state index in [2.05, 4.69) is 26.3 Å². The quantitative estimate of drug-likeness (QED) is 0.699. The molecule has 1 aromatic rings. The van der Waals surface area contributed by atoms with Gasteiger partial charge in [-0.3, -0.25) is 4.79 Å². The van der Waals surface area contributed by atoms with Crippen LogP contribution in [0.5, 0.6) is 0 Å².